The van der Waals surface area contributed by atoms with Crippen molar-refractivity contribution in [2.75, 3.05) is 12.3 Å². The summed E-state index contributed by atoms with van der Waals surface area (Å²) >= 11 is 0. The predicted molar refractivity (Wildman–Crippen MR) is 65.7 cm³/mol. The summed E-state index contributed by atoms with van der Waals surface area (Å²) in [5.41, 5.74) is 6.98. The predicted octanol–water partition coefficient (Wildman–Crippen LogP) is 2.43. The van der Waals surface area contributed by atoms with Gasteiger partial charge in [-0.3, -0.25) is 4.79 Å². The minimum absolute atomic E-state index is 0.190. The van der Waals surface area contributed by atoms with Crippen LogP contribution < -0.4 is 11.1 Å². The Bertz CT molecular complexity index is 604. The highest BCUT2D eigenvalue weighted by Gasteiger charge is 2.26. The van der Waals surface area contributed by atoms with Gasteiger partial charge in [0.05, 0.1) is 17.6 Å². The number of aromatic nitrogens is 1. The van der Waals surface area contributed by atoms with Crippen LogP contribution in [0.5, 0.6) is 0 Å². The van der Waals surface area contributed by atoms with Gasteiger partial charge in [-0.2, -0.15) is 13.2 Å². The number of anilines is 1. The van der Waals surface area contributed by atoms with Gasteiger partial charge >= 0.3 is 6.18 Å². The molecule has 0 saturated carbocycles. The standard InChI is InChI=1S/C12H12F3N3O/c13-12(14,15)4-5-17-11(19)9-6-7-2-1-3-8(16)10(7)18-9/h1-3,6,18H,4-5,16H2,(H,17,19). The van der Waals surface area contributed by atoms with E-state index in [2.05, 4.69) is 10.3 Å². The second kappa shape index (κ2) is 4.83. The van der Waals surface area contributed by atoms with Crippen molar-refractivity contribution in [1.82, 2.24) is 10.3 Å². The first-order valence-electron chi connectivity index (χ1n) is 5.59. The third kappa shape index (κ3) is 3.18. The highest BCUT2D eigenvalue weighted by atomic mass is 19.4. The van der Waals surface area contributed by atoms with E-state index in [1.54, 1.807) is 24.3 Å². The fourth-order valence-corrected chi connectivity index (χ4v) is 1.71. The van der Waals surface area contributed by atoms with E-state index in [1.807, 2.05) is 0 Å². The van der Waals surface area contributed by atoms with Crippen molar-refractivity contribution >= 4 is 22.5 Å². The van der Waals surface area contributed by atoms with Gasteiger partial charge < -0.3 is 16.0 Å². The van der Waals surface area contributed by atoms with Gasteiger partial charge in [0.2, 0.25) is 0 Å². The fraction of sp³-hybridized carbons (Fsp3) is 0.250. The summed E-state index contributed by atoms with van der Waals surface area (Å²) in [5, 5.41) is 2.94. The van der Waals surface area contributed by atoms with Crippen LogP contribution >= 0.6 is 0 Å². The van der Waals surface area contributed by atoms with Crippen LogP contribution in [0.3, 0.4) is 0 Å². The number of hydrogen-bond acceptors (Lipinski definition) is 2. The van der Waals surface area contributed by atoms with E-state index in [0.717, 1.165) is 5.39 Å². The van der Waals surface area contributed by atoms with Crippen LogP contribution in [-0.2, 0) is 0 Å². The number of nitrogen functional groups attached to an aromatic ring is 1. The summed E-state index contributed by atoms with van der Waals surface area (Å²) < 4.78 is 35.9. The third-order valence-corrected chi connectivity index (χ3v) is 2.63. The molecule has 2 rings (SSSR count). The summed E-state index contributed by atoms with van der Waals surface area (Å²) in [6.07, 6.45) is -5.33. The van der Waals surface area contributed by atoms with Gasteiger partial charge in [0.25, 0.3) is 5.91 Å². The van der Waals surface area contributed by atoms with Crippen LogP contribution in [0.25, 0.3) is 10.9 Å². The van der Waals surface area contributed by atoms with Crippen LogP contribution in [-0.4, -0.2) is 23.6 Å². The van der Waals surface area contributed by atoms with Gasteiger partial charge in [0.1, 0.15) is 5.69 Å². The van der Waals surface area contributed by atoms with Crippen molar-refractivity contribution in [2.45, 2.75) is 12.6 Å². The molecule has 0 fully saturated rings. The average molecular weight is 271 g/mol. The van der Waals surface area contributed by atoms with Crippen molar-refractivity contribution in [3.05, 3.63) is 30.0 Å². The summed E-state index contributed by atoms with van der Waals surface area (Å²) in [6.45, 7) is -0.451. The number of alkyl halides is 3. The molecule has 0 aliphatic carbocycles. The minimum atomic E-state index is -4.28. The summed E-state index contributed by atoms with van der Waals surface area (Å²) in [4.78, 5) is 14.5. The Morgan fingerprint density at radius 2 is 2.11 bits per heavy atom. The van der Waals surface area contributed by atoms with Gasteiger partial charge in [-0.1, -0.05) is 12.1 Å². The van der Waals surface area contributed by atoms with Crippen molar-refractivity contribution in [2.24, 2.45) is 0 Å². The van der Waals surface area contributed by atoms with Gasteiger partial charge in [0.15, 0.2) is 0 Å². The normalized spacial score (nSPS) is 11.7. The van der Waals surface area contributed by atoms with E-state index in [0.29, 0.717) is 11.2 Å². The average Bonchev–Trinajstić information content (AvgIpc) is 2.72. The lowest BCUT2D eigenvalue weighted by atomic mass is 10.2. The Morgan fingerprint density at radius 3 is 2.74 bits per heavy atom. The van der Waals surface area contributed by atoms with Gasteiger partial charge in [-0.25, -0.2) is 0 Å². The Hall–Kier alpha value is -2.18. The highest BCUT2D eigenvalue weighted by Crippen LogP contribution is 2.21. The number of benzene rings is 1. The Balaban J connectivity index is 2.08. The van der Waals surface area contributed by atoms with E-state index in [9.17, 15) is 18.0 Å². The molecule has 0 atom stereocenters. The molecule has 1 heterocycles. The zero-order valence-corrected chi connectivity index (χ0v) is 9.84. The molecule has 0 radical (unpaired) electrons. The van der Waals surface area contributed by atoms with E-state index in [-0.39, 0.29) is 5.69 Å². The van der Waals surface area contributed by atoms with E-state index in [1.165, 1.54) is 0 Å². The summed E-state index contributed by atoms with van der Waals surface area (Å²) in [6, 6.07) is 6.71. The molecule has 1 aromatic heterocycles. The molecule has 4 N–H and O–H groups in total. The zero-order chi connectivity index (χ0) is 14.0. The molecule has 0 saturated heterocycles. The molecule has 7 heteroatoms. The zero-order valence-electron chi connectivity index (χ0n) is 9.84. The molecule has 2 aromatic rings. The van der Waals surface area contributed by atoms with E-state index >= 15 is 0 Å². The molecular formula is C12H12F3N3O. The minimum Gasteiger partial charge on any atom is -0.397 e. The molecule has 0 aliphatic heterocycles. The Kier molecular flexibility index (Phi) is 3.37. The third-order valence-electron chi connectivity index (χ3n) is 2.63. The fourth-order valence-electron chi connectivity index (χ4n) is 1.71. The van der Waals surface area contributed by atoms with E-state index in [4.69, 9.17) is 5.73 Å². The number of rotatable bonds is 3. The number of nitrogens with one attached hydrogen (secondary N) is 2. The SMILES string of the molecule is Nc1cccc2cc(C(=O)NCCC(F)(F)F)[nH]c12. The number of halogens is 3. The molecule has 0 bridgehead atoms. The second-order valence-electron chi connectivity index (χ2n) is 4.12. The Morgan fingerprint density at radius 1 is 1.37 bits per heavy atom. The molecule has 0 aliphatic rings. The van der Waals surface area contributed by atoms with Crippen LogP contribution in [0, 0.1) is 0 Å². The number of amides is 1. The molecule has 19 heavy (non-hydrogen) atoms. The molecular weight excluding hydrogens is 259 g/mol. The topological polar surface area (TPSA) is 70.9 Å². The van der Waals surface area contributed by atoms with E-state index < -0.39 is 25.0 Å². The lowest BCUT2D eigenvalue weighted by Crippen LogP contribution is -2.28. The lowest BCUT2D eigenvalue weighted by Gasteiger charge is -2.06. The van der Waals surface area contributed by atoms with Crippen LogP contribution in [0.1, 0.15) is 16.9 Å². The maximum Gasteiger partial charge on any atom is 0.390 e. The number of carbonyl (C=O) groups excluding carboxylic acids is 1. The van der Waals surface area contributed by atoms with Gasteiger partial charge in [-0.15, -0.1) is 0 Å². The number of H-pyrrole nitrogens is 1. The van der Waals surface area contributed by atoms with Crippen molar-refractivity contribution in [3.8, 4) is 0 Å². The highest BCUT2D eigenvalue weighted by molar-refractivity contribution is 6.00. The van der Waals surface area contributed by atoms with Crippen LogP contribution in [0.4, 0.5) is 18.9 Å². The van der Waals surface area contributed by atoms with Crippen molar-refractivity contribution in [3.63, 3.8) is 0 Å². The largest absolute Gasteiger partial charge is 0.397 e. The quantitative estimate of drug-likeness (QED) is 0.750. The molecule has 0 spiro atoms. The van der Waals surface area contributed by atoms with Crippen molar-refractivity contribution in [1.29, 1.82) is 0 Å². The summed E-state index contributed by atoms with van der Waals surface area (Å²) in [7, 11) is 0. The van der Waals surface area contributed by atoms with Crippen LogP contribution in [0.15, 0.2) is 24.3 Å². The number of fused-ring (bicyclic) bond motifs is 1. The number of hydrogen-bond donors (Lipinski definition) is 3. The first-order valence-corrected chi connectivity index (χ1v) is 5.59. The molecule has 1 amide bonds. The van der Waals surface area contributed by atoms with Crippen LogP contribution in [0.2, 0.25) is 0 Å². The molecule has 4 nitrogen and oxygen atoms in total. The maximum atomic E-state index is 12.0. The maximum absolute atomic E-state index is 12.0. The molecule has 1 aromatic carbocycles. The number of aromatic amines is 1. The first kappa shape index (κ1) is 13.3. The van der Waals surface area contributed by atoms with Crippen molar-refractivity contribution < 1.29 is 18.0 Å². The smallest absolute Gasteiger partial charge is 0.390 e. The molecule has 102 valence electrons. The second-order valence-corrected chi connectivity index (χ2v) is 4.12. The summed E-state index contributed by atoms with van der Waals surface area (Å²) in [5.74, 6) is -0.583. The number of para-hydroxylation sites is 1. The number of carbonyl (C=O) groups is 1. The lowest BCUT2D eigenvalue weighted by molar-refractivity contribution is -0.132. The van der Waals surface area contributed by atoms with Gasteiger partial charge in [-0.05, 0) is 12.1 Å². The Labute approximate surface area is 106 Å². The van der Waals surface area contributed by atoms with Gasteiger partial charge in [0, 0.05) is 11.9 Å². The first-order chi connectivity index (χ1) is 8.87. The number of nitrogens with two attached hydrogens (primary N) is 1. The monoisotopic (exact) mass is 271 g/mol. The molecule has 0 unspecified atom stereocenters.